The summed E-state index contributed by atoms with van der Waals surface area (Å²) in [5, 5.41) is -0.463. The van der Waals surface area contributed by atoms with Gasteiger partial charge in [0.15, 0.2) is 0 Å². The molecule has 2 aromatic heterocycles. The van der Waals surface area contributed by atoms with Gasteiger partial charge in [0.2, 0.25) is 0 Å². The number of imidazole rings is 2. The fourth-order valence-corrected chi connectivity index (χ4v) is 1.99. The van der Waals surface area contributed by atoms with Crippen molar-refractivity contribution in [2.45, 2.75) is 5.16 Å². The Morgan fingerprint density at radius 2 is 2.00 bits per heavy atom. The highest BCUT2D eigenvalue weighted by Gasteiger charge is 2.15. The maximum absolute atomic E-state index is 10.9. The molecule has 0 aliphatic heterocycles. The van der Waals surface area contributed by atoms with E-state index in [4.69, 9.17) is 4.55 Å². The number of rotatable bonds is 1. The summed E-state index contributed by atoms with van der Waals surface area (Å²) in [6, 6.07) is 3.31. The first kappa shape index (κ1) is 9.31. The van der Waals surface area contributed by atoms with E-state index in [-0.39, 0.29) is 0 Å². The van der Waals surface area contributed by atoms with Gasteiger partial charge < -0.3 is 9.97 Å². The van der Waals surface area contributed by atoms with Crippen molar-refractivity contribution in [1.29, 1.82) is 0 Å². The molecule has 0 saturated carbocycles. The van der Waals surface area contributed by atoms with Crippen LogP contribution in [0.2, 0.25) is 0 Å². The molecule has 16 heavy (non-hydrogen) atoms. The summed E-state index contributed by atoms with van der Waals surface area (Å²) in [5.41, 5.74) is 2.40. The summed E-state index contributed by atoms with van der Waals surface area (Å²) < 4.78 is 30.6. The molecular formula is C8H6N4O3S. The minimum absolute atomic E-state index is 0.437. The Bertz CT molecular complexity index is 738. The zero-order chi connectivity index (χ0) is 11.3. The van der Waals surface area contributed by atoms with Gasteiger partial charge in [-0.3, -0.25) is 4.55 Å². The standard InChI is InChI=1S/C8H6N4O3S/c13-16(14,15)8-11-6-1-4-5(10-3-9-4)2-7(6)12-8/h1-3H,(H,9,10)(H,11,12)(H,13,14,15). The largest absolute Gasteiger partial charge is 0.345 e. The third-order valence-corrected chi connectivity index (χ3v) is 2.93. The summed E-state index contributed by atoms with van der Waals surface area (Å²) in [6.45, 7) is 0. The Balaban J connectivity index is 2.40. The number of hydrogen-bond donors (Lipinski definition) is 3. The van der Waals surface area contributed by atoms with Crippen LogP contribution in [0.3, 0.4) is 0 Å². The van der Waals surface area contributed by atoms with Gasteiger partial charge in [0.05, 0.1) is 28.4 Å². The Hall–Kier alpha value is -1.93. The smallest absolute Gasteiger partial charge is 0.328 e. The molecule has 1 aromatic carbocycles. The van der Waals surface area contributed by atoms with Crippen molar-refractivity contribution >= 4 is 32.2 Å². The van der Waals surface area contributed by atoms with Crippen molar-refractivity contribution < 1.29 is 13.0 Å². The van der Waals surface area contributed by atoms with Crippen LogP contribution in [0.5, 0.6) is 0 Å². The predicted octanol–water partition coefficient (Wildman–Crippen LogP) is 0.686. The van der Waals surface area contributed by atoms with Crippen molar-refractivity contribution in [3.05, 3.63) is 18.5 Å². The highest BCUT2D eigenvalue weighted by Crippen LogP contribution is 2.19. The highest BCUT2D eigenvalue weighted by atomic mass is 32.2. The number of hydrogen-bond acceptors (Lipinski definition) is 4. The van der Waals surface area contributed by atoms with Crippen LogP contribution in [0.25, 0.3) is 22.1 Å². The third kappa shape index (κ3) is 1.27. The molecule has 0 atom stereocenters. The van der Waals surface area contributed by atoms with Crippen LogP contribution in [-0.2, 0) is 10.1 Å². The first-order valence-corrected chi connectivity index (χ1v) is 5.78. The second-order valence-corrected chi connectivity index (χ2v) is 4.64. The van der Waals surface area contributed by atoms with E-state index in [1.807, 2.05) is 0 Å². The van der Waals surface area contributed by atoms with E-state index in [1.165, 1.54) is 6.33 Å². The van der Waals surface area contributed by atoms with Crippen LogP contribution >= 0.6 is 0 Å². The van der Waals surface area contributed by atoms with Gasteiger partial charge in [-0.1, -0.05) is 0 Å². The van der Waals surface area contributed by atoms with Crippen LogP contribution in [0, 0.1) is 0 Å². The molecule has 3 rings (SSSR count). The topological polar surface area (TPSA) is 112 Å². The van der Waals surface area contributed by atoms with Crippen LogP contribution in [0.15, 0.2) is 23.6 Å². The molecule has 8 heteroatoms. The fraction of sp³-hybridized carbons (Fsp3) is 0. The molecule has 0 spiro atoms. The summed E-state index contributed by atoms with van der Waals surface area (Å²) >= 11 is 0. The Labute approximate surface area is 89.3 Å². The highest BCUT2D eigenvalue weighted by molar-refractivity contribution is 7.85. The zero-order valence-electron chi connectivity index (χ0n) is 7.80. The molecule has 0 aliphatic carbocycles. The van der Waals surface area contributed by atoms with Gasteiger partial charge in [-0.05, 0) is 12.1 Å². The van der Waals surface area contributed by atoms with Gasteiger partial charge in [0, 0.05) is 0 Å². The average molecular weight is 238 g/mol. The van der Waals surface area contributed by atoms with Gasteiger partial charge in [-0.25, -0.2) is 9.97 Å². The van der Waals surface area contributed by atoms with Crippen molar-refractivity contribution in [2.75, 3.05) is 0 Å². The van der Waals surface area contributed by atoms with Crippen molar-refractivity contribution in [3.63, 3.8) is 0 Å². The van der Waals surface area contributed by atoms with Crippen LogP contribution in [-0.4, -0.2) is 32.9 Å². The van der Waals surface area contributed by atoms with Gasteiger partial charge >= 0.3 is 10.1 Å². The first-order valence-electron chi connectivity index (χ1n) is 4.34. The summed E-state index contributed by atoms with van der Waals surface area (Å²) in [6.07, 6.45) is 1.53. The van der Waals surface area contributed by atoms with Crippen molar-refractivity contribution in [3.8, 4) is 0 Å². The van der Waals surface area contributed by atoms with Crippen LogP contribution in [0.1, 0.15) is 0 Å². The Morgan fingerprint density at radius 3 is 2.75 bits per heavy atom. The summed E-state index contributed by atoms with van der Waals surface area (Å²) in [4.78, 5) is 13.2. The minimum atomic E-state index is -4.30. The van der Waals surface area contributed by atoms with Crippen LogP contribution < -0.4 is 0 Å². The number of H-pyrrole nitrogens is 2. The van der Waals surface area contributed by atoms with E-state index in [2.05, 4.69) is 19.9 Å². The Morgan fingerprint density at radius 1 is 1.19 bits per heavy atom. The second kappa shape index (κ2) is 2.80. The number of fused-ring (bicyclic) bond motifs is 2. The Kier molecular flexibility index (Phi) is 1.63. The molecule has 2 heterocycles. The van der Waals surface area contributed by atoms with E-state index in [0.717, 1.165) is 5.52 Å². The molecule has 3 N–H and O–H groups in total. The number of benzene rings is 1. The molecule has 0 amide bonds. The van der Waals surface area contributed by atoms with Crippen LogP contribution in [0.4, 0.5) is 0 Å². The molecule has 0 aliphatic rings. The molecule has 0 saturated heterocycles. The lowest BCUT2D eigenvalue weighted by Crippen LogP contribution is -1.99. The number of aromatic nitrogens is 4. The third-order valence-electron chi connectivity index (χ3n) is 2.25. The number of aromatic amines is 2. The van der Waals surface area contributed by atoms with Gasteiger partial charge in [-0.2, -0.15) is 8.42 Å². The normalized spacial score (nSPS) is 12.6. The van der Waals surface area contributed by atoms with E-state index in [9.17, 15) is 8.42 Å². The van der Waals surface area contributed by atoms with Crippen molar-refractivity contribution in [2.24, 2.45) is 0 Å². The molecule has 3 aromatic rings. The maximum Gasteiger partial charge on any atom is 0.328 e. The lowest BCUT2D eigenvalue weighted by atomic mass is 10.3. The fourth-order valence-electron chi connectivity index (χ4n) is 1.54. The number of nitrogens with one attached hydrogen (secondary N) is 2. The summed E-state index contributed by atoms with van der Waals surface area (Å²) in [5.74, 6) is 0. The second-order valence-electron chi connectivity index (χ2n) is 3.31. The molecule has 0 radical (unpaired) electrons. The van der Waals surface area contributed by atoms with Gasteiger partial charge in [0.25, 0.3) is 5.16 Å². The zero-order valence-corrected chi connectivity index (χ0v) is 8.61. The van der Waals surface area contributed by atoms with E-state index < -0.39 is 15.3 Å². The van der Waals surface area contributed by atoms with E-state index >= 15 is 0 Å². The summed E-state index contributed by atoms with van der Waals surface area (Å²) in [7, 11) is -4.30. The molecule has 0 fully saturated rings. The van der Waals surface area contributed by atoms with Gasteiger partial charge in [-0.15, -0.1) is 0 Å². The first-order chi connectivity index (χ1) is 7.54. The predicted molar refractivity (Wildman–Crippen MR) is 55.6 cm³/mol. The average Bonchev–Trinajstić information content (AvgIpc) is 2.75. The molecule has 7 nitrogen and oxygen atoms in total. The molecular weight excluding hydrogens is 232 g/mol. The number of nitrogens with zero attached hydrogens (tertiary/aromatic N) is 2. The quantitative estimate of drug-likeness (QED) is 0.540. The molecule has 0 bridgehead atoms. The monoisotopic (exact) mass is 238 g/mol. The van der Waals surface area contributed by atoms with E-state index in [1.54, 1.807) is 12.1 Å². The minimum Gasteiger partial charge on any atom is -0.345 e. The van der Waals surface area contributed by atoms with Gasteiger partial charge in [0.1, 0.15) is 0 Å². The molecule has 82 valence electrons. The van der Waals surface area contributed by atoms with Crippen molar-refractivity contribution in [1.82, 2.24) is 19.9 Å². The van der Waals surface area contributed by atoms with E-state index in [0.29, 0.717) is 16.6 Å². The SMILES string of the molecule is O=S(=O)(O)c1nc2cc3nc[nH]c3cc2[nH]1. The maximum atomic E-state index is 10.9. The lowest BCUT2D eigenvalue weighted by Gasteiger charge is -1.87. The molecule has 0 unspecified atom stereocenters. The lowest BCUT2D eigenvalue weighted by molar-refractivity contribution is 0.476.